The summed E-state index contributed by atoms with van der Waals surface area (Å²) in [7, 11) is 0. The summed E-state index contributed by atoms with van der Waals surface area (Å²) in [5.41, 5.74) is 7.39. The Bertz CT molecular complexity index is 347. The van der Waals surface area contributed by atoms with Crippen molar-refractivity contribution in [2.45, 2.75) is 27.2 Å². The number of nitrogen functional groups attached to an aromatic ring is 1. The summed E-state index contributed by atoms with van der Waals surface area (Å²) in [5, 5.41) is 0. The van der Waals surface area contributed by atoms with Gasteiger partial charge >= 0.3 is 0 Å². The van der Waals surface area contributed by atoms with Crippen molar-refractivity contribution in [1.29, 1.82) is 0 Å². The van der Waals surface area contributed by atoms with Crippen molar-refractivity contribution in [3.63, 3.8) is 0 Å². The van der Waals surface area contributed by atoms with Crippen LogP contribution in [0.2, 0.25) is 0 Å². The summed E-state index contributed by atoms with van der Waals surface area (Å²) in [4.78, 5) is 19.5. The number of carbonyl (C=O) groups excluding carboxylic acids is 1. The maximum atomic E-state index is 11.3. The average Bonchev–Trinajstić information content (AvgIpc) is 2.10. The van der Waals surface area contributed by atoms with Gasteiger partial charge in [0.25, 0.3) is 0 Å². The summed E-state index contributed by atoms with van der Waals surface area (Å²) >= 11 is 0. The van der Waals surface area contributed by atoms with E-state index in [2.05, 4.69) is 9.97 Å². The van der Waals surface area contributed by atoms with Gasteiger partial charge in [-0.15, -0.1) is 0 Å². The van der Waals surface area contributed by atoms with Crippen LogP contribution in [0.25, 0.3) is 0 Å². The molecular weight excluding hydrogens is 166 g/mol. The van der Waals surface area contributed by atoms with E-state index in [1.165, 1.54) is 0 Å². The molecule has 0 saturated carbocycles. The second kappa shape index (κ2) is 3.51. The zero-order valence-electron chi connectivity index (χ0n) is 8.09. The number of Topliss-reactive ketones (excluding diaryl/α,β-unsaturated/α-hetero) is 1. The van der Waals surface area contributed by atoms with Crippen molar-refractivity contribution in [2.24, 2.45) is 0 Å². The van der Waals surface area contributed by atoms with Gasteiger partial charge < -0.3 is 5.73 Å². The maximum absolute atomic E-state index is 11.3. The third kappa shape index (κ3) is 1.83. The lowest BCUT2D eigenvalue weighted by molar-refractivity contribution is 0.0984. The highest BCUT2D eigenvalue weighted by atomic mass is 16.1. The fourth-order valence-corrected chi connectivity index (χ4v) is 0.993. The van der Waals surface area contributed by atoms with Crippen LogP contribution in [0.1, 0.15) is 35.2 Å². The molecule has 1 aromatic rings. The minimum atomic E-state index is -0.0619. The van der Waals surface area contributed by atoms with E-state index in [9.17, 15) is 4.79 Å². The molecule has 0 spiro atoms. The van der Waals surface area contributed by atoms with Gasteiger partial charge in [0, 0.05) is 6.42 Å². The standard InChI is InChI=1S/C9H13N3O/c1-4-7(13)8-9(10)12-6(3)5(2)11-8/h4H2,1-3H3,(H2,10,12). The van der Waals surface area contributed by atoms with Gasteiger partial charge in [0.1, 0.15) is 5.69 Å². The molecule has 0 saturated heterocycles. The molecule has 0 bridgehead atoms. The van der Waals surface area contributed by atoms with E-state index in [1.54, 1.807) is 6.92 Å². The second-order valence-corrected chi connectivity index (χ2v) is 2.91. The highest BCUT2D eigenvalue weighted by molar-refractivity contribution is 5.97. The molecule has 0 aromatic carbocycles. The lowest BCUT2D eigenvalue weighted by Crippen LogP contribution is -2.10. The molecule has 4 heteroatoms. The van der Waals surface area contributed by atoms with E-state index in [-0.39, 0.29) is 11.6 Å². The van der Waals surface area contributed by atoms with Gasteiger partial charge in [0.15, 0.2) is 11.6 Å². The predicted molar refractivity (Wildman–Crippen MR) is 50.5 cm³/mol. The van der Waals surface area contributed by atoms with Crippen LogP contribution < -0.4 is 5.73 Å². The minimum absolute atomic E-state index is 0.0619. The Balaban J connectivity index is 3.23. The molecule has 70 valence electrons. The van der Waals surface area contributed by atoms with Gasteiger partial charge in [0.2, 0.25) is 0 Å². The van der Waals surface area contributed by atoms with E-state index < -0.39 is 0 Å². The van der Waals surface area contributed by atoms with Gasteiger partial charge in [-0.3, -0.25) is 4.79 Å². The number of hydrogen-bond acceptors (Lipinski definition) is 4. The van der Waals surface area contributed by atoms with Crippen molar-refractivity contribution in [2.75, 3.05) is 5.73 Å². The Morgan fingerprint density at radius 1 is 1.31 bits per heavy atom. The molecule has 0 amide bonds. The van der Waals surface area contributed by atoms with Crippen molar-refractivity contribution < 1.29 is 4.79 Å². The highest BCUT2D eigenvalue weighted by Gasteiger charge is 2.12. The number of ketones is 1. The van der Waals surface area contributed by atoms with E-state index in [1.807, 2.05) is 13.8 Å². The Labute approximate surface area is 77.2 Å². The quantitative estimate of drug-likeness (QED) is 0.694. The van der Waals surface area contributed by atoms with Crippen molar-refractivity contribution in [1.82, 2.24) is 9.97 Å². The Morgan fingerprint density at radius 3 is 2.38 bits per heavy atom. The first-order valence-electron chi connectivity index (χ1n) is 4.20. The largest absolute Gasteiger partial charge is 0.382 e. The summed E-state index contributed by atoms with van der Waals surface area (Å²) in [6, 6.07) is 0. The van der Waals surface area contributed by atoms with Crippen LogP contribution in [0.4, 0.5) is 5.82 Å². The van der Waals surface area contributed by atoms with Crippen molar-refractivity contribution in [3.05, 3.63) is 17.1 Å². The average molecular weight is 179 g/mol. The van der Waals surface area contributed by atoms with Gasteiger partial charge in [-0.05, 0) is 13.8 Å². The Hall–Kier alpha value is -1.45. The van der Waals surface area contributed by atoms with Crippen LogP contribution in [0, 0.1) is 13.8 Å². The molecule has 0 radical (unpaired) electrons. The molecule has 0 atom stereocenters. The van der Waals surface area contributed by atoms with E-state index in [0.29, 0.717) is 12.1 Å². The third-order valence-corrected chi connectivity index (χ3v) is 1.92. The molecule has 1 heterocycles. The zero-order chi connectivity index (χ0) is 10.0. The van der Waals surface area contributed by atoms with Crippen LogP contribution >= 0.6 is 0 Å². The number of nitrogens with two attached hydrogens (primary N) is 1. The van der Waals surface area contributed by atoms with E-state index in [4.69, 9.17) is 5.73 Å². The maximum Gasteiger partial charge on any atom is 0.184 e. The number of carbonyl (C=O) groups is 1. The topological polar surface area (TPSA) is 68.9 Å². The fourth-order valence-electron chi connectivity index (χ4n) is 0.993. The summed E-state index contributed by atoms with van der Waals surface area (Å²) in [5.74, 6) is 0.169. The smallest absolute Gasteiger partial charge is 0.184 e. The molecule has 0 aliphatic carbocycles. The van der Waals surface area contributed by atoms with Gasteiger partial charge in [-0.1, -0.05) is 6.92 Å². The molecule has 0 fully saturated rings. The van der Waals surface area contributed by atoms with Crippen LogP contribution in [0.15, 0.2) is 0 Å². The van der Waals surface area contributed by atoms with Crippen molar-refractivity contribution >= 4 is 11.6 Å². The first-order valence-corrected chi connectivity index (χ1v) is 4.20. The van der Waals surface area contributed by atoms with Gasteiger partial charge in [-0.25, -0.2) is 9.97 Å². The van der Waals surface area contributed by atoms with Crippen LogP contribution in [0.3, 0.4) is 0 Å². The molecule has 0 aliphatic rings. The second-order valence-electron chi connectivity index (χ2n) is 2.91. The van der Waals surface area contributed by atoms with E-state index >= 15 is 0 Å². The third-order valence-electron chi connectivity index (χ3n) is 1.92. The number of rotatable bonds is 2. The van der Waals surface area contributed by atoms with Crippen LogP contribution in [0.5, 0.6) is 0 Å². The summed E-state index contributed by atoms with van der Waals surface area (Å²) < 4.78 is 0. The zero-order valence-corrected chi connectivity index (χ0v) is 8.09. The highest BCUT2D eigenvalue weighted by Crippen LogP contribution is 2.11. The van der Waals surface area contributed by atoms with Crippen LogP contribution in [-0.2, 0) is 0 Å². The molecule has 0 unspecified atom stereocenters. The first kappa shape index (κ1) is 9.64. The molecular formula is C9H13N3O. The number of aromatic nitrogens is 2. The number of anilines is 1. The monoisotopic (exact) mass is 179 g/mol. The van der Waals surface area contributed by atoms with Crippen molar-refractivity contribution in [3.8, 4) is 0 Å². The molecule has 4 nitrogen and oxygen atoms in total. The molecule has 1 aromatic heterocycles. The lowest BCUT2D eigenvalue weighted by atomic mass is 10.2. The number of nitrogens with zero attached hydrogens (tertiary/aromatic N) is 2. The molecule has 1 rings (SSSR count). The van der Waals surface area contributed by atoms with Gasteiger partial charge in [-0.2, -0.15) is 0 Å². The normalized spacial score (nSPS) is 10.1. The molecule has 0 aliphatic heterocycles. The minimum Gasteiger partial charge on any atom is -0.382 e. The Morgan fingerprint density at radius 2 is 1.85 bits per heavy atom. The molecule has 13 heavy (non-hydrogen) atoms. The predicted octanol–water partition coefficient (Wildman–Crippen LogP) is 1.27. The van der Waals surface area contributed by atoms with Gasteiger partial charge in [0.05, 0.1) is 11.4 Å². The Kier molecular flexibility index (Phi) is 2.60. The number of hydrogen-bond donors (Lipinski definition) is 1. The lowest BCUT2D eigenvalue weighted by Gasteiger charge is -2.04. The van der Waals surface area contributed by atoms with Crippen LogP contribution in [-0.4, -0.2) is 15.8 Å². The van der Waals surface area contributed by atoms with E-state index in [0.717, 1.165) is 11.4 Å². The summed E-state index contributed by atoms with van der Waals surface area (Å²) in [6.07, 6.45) is 0.404. The number of aryl methyl sites for hydroxylation is 2. The summed E-state index contributed by atoms with van der Waals surface area (Å²) in [6.45, 7) is 5.41. The SMILES string of the molecule is CCC(=O)c1nc(C)c(C)nc1N. The first-order chi connectivity index (χ1) is 6.06. The molecule has 2 N–H and O–H groups in total. The fraction of sp³-hybridized carbons (Fsp3) is 0.444.